The Bertz CT molecular complexity index is 1170. The highest BCUT2D eigenvalue weighted by molar-refractivity contribution is 6.25. The molecule has 1 aliphatic heterocycles. The summed E-state index contributed by atoms with van der Waals surface area (Å²) in [6, 6.07) is 24.4. The zero-order chi connectivity index (χ0) is 19.9. The maximum absolute atomic E-state index is 13.9. The molecule has 2 amide bonds. The van der Waals surface area contributed by atoms with Gasteiger partial charge < -0.3 is 0 Å². The Hall–Kier alpha value is -3.20. The van der Waals surface area contributed by atoms with Crippen molar-refractivity contribution in [1.82, 2.24) is 0 Å². The number of nitrogens with zero attached hydrogens (tertiary/aromatic N) is 1. The maximum atomic E-state index is 13.9. The Balaban J connectivity index is 1.64. The molecule has 7 rings (SSSR count). The molecule has 3 nitrogen and oxygen atoms in total. The second-order valence-electron chi connectivity index (χ2n) is 8.69. The van der Waals surface area contributed by atoms with Gasteiger partial charge in [-0.05, 0) is 47.7 Å². The van der Waals surface area contributed by atoms with Gasteiger partial charge in [-0.1, -0.05) is 66.7 Å². The van der Waals surface area contributed by atoms with Crippen LogP contribution in [0, 0.1) is 18.3 Å². The van der Waals surface area contributed by atoms with Crippen molar-refractivity contribution in [2.24, 2.45) is 11.3 Å². The van der Waals surface area contributed by atoms with Crippen LogP contribution in [0.4, 0.5) is 5.69 Å². The van der Waals surface area contributed by atoms with Gasteiger partial charge in [0.15, 0.2) is 0 Å². The second-order valence-corrected chi connectivity index (χ2v) is 8.69. The lowest BCUT2D eigenvalue weighted by Gasteiger charge is -2.51. The number of anilines is 1. The van der Waals surface area contributed by atoms with Gasteiger partial charge in [0.1, 0.15) is 0 Å². The number of carbonyl (C=O) groups excluding carboxylic acids is 2. The molecule has 0 N–H and O–H groups in total. The minimum atomic E-state index is -0.771. The third-order valence-corrected chi connectivity index (χ3v) is 7.37. The molecule has 0 spiro atoms. The van der Waals surface area contributed by atoms with E-state index >= 15 is 0 Å². The van der Waals surface area contributed by atoms with E-state index in [1.807, 2.05) is 62.4 Å². The van der Waals surface area contributed by atoms with Gasteiger partial charge in [0.2, 0.25) is 11.8 Å². The first-order valence-corrected chi connectivity index (χ1v) is 10.2. The number of hydrogen-bond donors (Lipinski definition) is 0. The average Bonchev–Trinajstić information content (AvgIpc) is 2.95. The smallest absolute Gasteiger partial charge is 0.241 e. The number of para-hydroxylation sites is 1. The number of aryl methyl sites for hydroxylation is 1. The average molecular weight is 379 g/mol. The molecular weight excluding hydrogens is 358 g/mol. The van der Waals surface area contributed by atoms with Gasteiger partial charge >= 0.3 is 0 Å². The summed E-state index contributed by atoms with van der Waals surface area (Å²) in [6.07, 6.45) is 0. The first kappa shape index (κ1) is 16.7. The van der Waals surface area contributed by atoms with Gasteiger partial charge in [-0.15, -0.1) is 0 Å². The first-order chi connectivity index (χ1) is 14.0. The molecule has 3 aliphatic carbocycles. The molecule has 0 unspecified atom stereocenters. The lowest BCUT2D eigenvalue weighted by atomic mass is 9.48. The highest BCUT2D eigenvalue weighted by atomic mass is 16.2. The standard InChI is InChI=1S/C26H21NO2/c1-15-9-3-8-14-20(15)27-24(28)23-21-16-10-4-6-12-18(16)22(26(23,2)25(27)29)19-13-7-5-11-17(19)21/h3-14,21-23H,1-2H3/t21?,22?,23-,26+/m0/s1. The highest BCUT2D eigenvalue weighted by Crippen LogP contribution is 2.67. The number of hydrogen-bond acceptors (Lipinski definition) is 2. The molecule has 0 aromatic heterocycles. The summed E-state index contributed by atoms with van der Waals surface area (Å²) in [5.74, 6) is -0.686. The van der Waals surface area contributed by atoms with E-state index in [2.05, 4.69) is 24.3 Å². The van der Waals surface area contributed by atoms with E-state index in [9.17, 15) is 9.59 Å². The van der Waals surface area contributed by atoms with Crippen LogP contribution in [-0.4, -0.2) is 11.8 Å². The molecular formula is C26H21NO2. The predicted octanol–water partition coefficient (Wildman–Crippen LogP) is 4.78. The SMILES string of the molecule is Cc1ccccc1N1C(=O)[C@@H]2C3c4ccccc4C(c4ccccc43)[C@@]2(C)C1=O. The van der Waals surface area contributed by atoms with E-state index in [-0.39, 0.29) is 29.6 Å². The summed E-state index contributed by atoms with van der Waals surface area (Å²) in [5.41, 5.74) is 5.68. The molecule has 4 aliphatic rings. The number of imide groups is 1. The second kappa shape index (κ2) is 5.44. The summed E-state index contributed by atoms with van der Waals surface area (Å²) in [6.45, 7) is 3.97. The third-order valence-electron chi connectivity index (χ3n) is 7.37. The number of carbonyl (C=O) groups is 2. The van der Waals surface area contributed by atoms with Crippen molar-refractivity contribution in [3.8, 4) is 0 Å². The van der Waals surface area contributed by atoms with E-state index in [0.29, 0.717) is 5.69 Å². The zero-order valence-electron chi connectivity index (χ0n) is 16.4. The Kier molecular flexibility index (Phi) is 3.14. The Morgan fingerprint density at radius 2 is 1.28 bits per heavy atom. The molecule has 0 radical (unpaired) electrons. The van der Waals surface area contributed by atoms with Crippen molar-refractivity contribution in [1.29, 1.82) is 0 Å². The van der Waals surface area contributed by atoms with Crippen LogP contribution in [0.25, 0.3) is 0 Å². The fraction of sp³-hybridized carbons (Fsp3) is 0.231. The summed E-state index contributed by atoms with van der Waals surface area (Å²) in [4.78, 5) is 29.2. The molecule has 2 bridgehead atoms. The van der Waals surface area contributed by atoms with Gasteiger partial charge in [-0.2, -0.15) is 0 Å². The van der Waals surface area contributed by atoms with Crippen LogP contribution in [0.1, 0.15) is 46.6 Å². The predicted molar refractivity (Wildman–Crippen MR) is 112 cm³/mol. The lowest BCUT2D eigenvalue weighted by molar-refractivity contribution is -0.128. The van der Waals surface area contributed by atoms with Crippen LogP contribution < -0.4 is 4.90 Å². The van der Waals surface area contributed by atoms with Gasteiger partial charge in [0.25, 0.3) is 0 Å². The molecule has 0 saturated carbocycles. The summed E-state index contributed by atoms with van der Waals surface area (Å²) in [5, 5.41) is 0. The molecule has 1 heterocycles. The van der Waals surface area contributed by atoms with Gasteiger partial charge in [0, 0.05) is 11.8 Å². The van der Waals surface area contributed by atoms with E-state index in [0.717, 1.165) is 5.56 Å². The van der Waals surface area contributed by atoms with Crippen molar-refractivity contribution in [3.63, 3.8) is 0 Å². The molecule has 3 aromatic carbocycles. The first-order valence-electron chi connectivity index (χ1n) is 10.2. The Morgan fingerprint density at radius 3 is 1.86 bits per heavy atom. The zero-order valence-corrected chi connectivity index (χ0v) is 16.4. The largest absolute Gasteiger partial charge is 0.274 e. The summed E-state index contributed by atoms with van der Waals surface area (Å²) < 4.78 is 0. The Morgan fingerprint density at radius 1 is 0.759 bits per heavy atom. The quantitative estimate of drug-likeness (QED) is 0.571. The number of benzene rings is 3. The summed E-state index contributed by atoms with van der Waals surface area (Å²) >= 11 is 0. The maximum Gasteiger partial charge on any atom is 0.241 e. The highest BCUT2D eigenvalue weighted by Gasteiger charge is 2.68. The van der Waals surface area contributed by atoms with Crippen LogP contribution in [0.15, 0.2) is 72.8 Å². The van der Waals surface area contributed by atoms with Crippen LogP contribution in [0.3, 0.4) is 0 Å². The molecule has 29 heavy (non-hydrogen) atoms. The monoisotopic (exact) mass is 379 g/mol. The van der Waals surface area contributed by atoms with Crippen LogP contribution in [0.2, 0.25) is 0 Å². The molecule has 1 saturated heterocycles. The number of amides is 2. The fourth-order valence-electron chi connectivity index (χ4n) is 6.16. The van der Waals surface area contributed by atoms with E-state index in [1.54, 1.807) is 0 Å². The number of rotatable bonds is 1. The van der Waals surface area contributed by atoms with E-state index < -0.39 is 5.41 Å². The van der Waals surface area contributed by atoms with Gasteiger partial charge in [0.05, 0.1) is 17.0 Å². The van der Waals surface area contributed by atoms with Crippen molar-refractivity contribution in [2.75, 3.05) is 4.90 Å². The van der Waals surface area contributed by atoms with Gasteiger partial charge in [-0.3, -0.25) is 9.59 Å². The van der Waals surface area contributed by atoms with Crippen LogP contribution >= 0.6 is 0 Å². The molecule has 3 heteroatoms. The van der Waals surface area contributed by atoms with Crippen molar-refractivity contribution in [2.45, 2.75) is 25.7 Å². The van der Waals surface area contributed by atoms with E-state index in [1.165, 1.54) is 27.2 Å². The normalized spacial score (nSPS) is 28.9. The van der Waals surface area contributed by atoms with Gasteiger partial charge in [-0.25, -0.2) is 4.90 Å². The third kappa shape index (κ3) is 1.84. The molecule has 3 aromatic rings. The minimum absolute atomic E-state index is 0.0641. The van der Waals surface area contributed by atoms with Crippen LogP contribution in [-0.2, 0) is 9.59 Å². The molecule has 142 valence electrons. The minimum Gasteiger partial charge on any atom is -0.274 e. The molecule has 1 fully saturated rings. The van der Waals surface area contributed by atoms with Crippen molar-refractivity contribution in [3.05, 3.63) is 101 Å². The van der Waals surface area contributed by atoms with Crippen molar-refractivity contribution < 1.29 is 9.59 Å². The van der Waals surface area contributed by atoms with Crippen molar-refractivity contribution >= 4 is 17.5 Å². The molecule has 2 atom stereocenters. The van der Waals surface area contributed by atoms with E-state index in [4.69, 9.17) is 0 Å². The summed E-state index contributed by atoms with van der Waals surface area (Å²) in [7, 11) is 0. The Labute approximate surface area is 170 Å². The lowest BCUT2D eigenvalue weighted by Crippen LogP contribution is -2.49. The van der Waals surface area contributed by atoms with Crippen LogP contribution in [0.5, 0.6) is 0 Å². The fourth-order valence-corrected chi connectivity index (χ4v) is 6.16. The topological polar surface area (TPSA) is 37.4 Å².